The number of hydrogen-bond donors (Lipinski definition) is 0. The summed E-state index contributed by atoms with van der Waals surface area (Å²) in [6.07, 6.45) is 3.62. The number of para-hydroxylation sites is 1. The molecule has 3 heterocycles. The maximum atomic E-state index is 12.9. The van der Waals surface area contributed by atoms with E-state index in [9.17, 15) is 4.79 Å². The first kappa shape index (κ1) is 16.8. The van der Waals surface area contributed by atoms with Gasteiger partial charge in [-0.25, -0.2) is 0 Å². The molecule has 0 saturated carbocycles. The Bertz CT molecular complexity index is 1180. The Balaban J connectivity index is 1.66. The van der Waals surface area contributed by atoms with Gasteiger partial charge in [0.2, 0.25) is 0 Å². The zero-order chi connectivity index (χ0) is 18.9. The summed E-state index contributed by atoms with van der Waals surface area (Å²) in [6, 6.07) is 17.9. The number of fused-ring (bicyclic) bond motifs is 2. The molecule has 0 aliphatic carbocycles. The SMILES string of the molecule is O=C(c1ccc2nccc(-c3cccc4cccnc34)c2c1)N1CCOCC1. The predicted octanol–water partition coefficient (Wildman–Crippen LogP) is 3.92. The number of rotatable bonds is 2. The van der Waals surface area contributed by atoms with Crippen LogP contribution in [0.1, 0.15) is 10.4 Å². The quantitative estimate of drug-likeness (QED) is 0.537. The van der Waals surface area contributed by atoms with Crippen molar-refractivity contribution in [3.8, 4) is 11.1 Å². The Morgan fingerprint density at radius 3 is 2.64 bits per heavy atom. The number of carbonyl (C=O) groups excluding carboxylic acids is 1. The largest absolute Gasteiger partial charge is 0.378 e. The Morgan fingerprint density at radius 1 is 0.893 bits per heavy atom. The van der Waals surface area contributed by atoms with E-state index in [1.807, 2.05) is 53.7 Å². The lowest BCUT2D eigenvalue weighted by atomic mass is 9.97. The molecule has 0 radical (unpaired) electrons. The molecule has 28 heavy (non-hydrogen) atoms. The molecule has 1 amide bonds. The van der Waals surface area contributed by atoms with Crippen molar-refractivity contribution in [1.29, 1.82) is 0 Å². The van der Waals surface area contributed by atoms with Crippen molar-refractivity contribution >= 4 is 27.7 Å². The minimum absolute atomic E-state index is 0.0380. The van der Waals surface area contributed by atoms with E-state index >= 15 is 0 Å². The van der Waals surface area contributed by atoms with Crippen LogP contribution in [0.5, 0.6) is 0 Å². The Morgan fingerprint density at radius 2 is 1.75 bits per heavy atom. The van der Waals surface area contributed by atoms with Gasteiger partial charge in [0.25, 0.3) is 5.91 Å². The topological polar surface area (TPSA) is 55.3 Å². The second-order valence-corrected chi connectivity index (χ2v) is 6.88. The lowest BCUT2D eigenvalue weighted by Crippen LogP contribution is -2.40. The van der Waals surface area contributed by atoms with E-state index in [4.69, 9.17) is 4.74 Å². The summed E-state index contributed by atoms with van der Waals surface area (Å²) in [5, 5.41) is 2.05. The first-order valence-electron chi connectivity index (χ1n) is 9.41. The van der Waals surface area contributed by atoms with Crippen LogP contribution < -0.4 is 0 Å². The van der Waals surface area contributed by atoms with Crippen LogP contribution >= 0.6 is 0 Å². The number of hydrogen-bond acceptors (Lipinski definition) is 4. The van der Waals surface area contributed by atoms with Crippen LogP contribution in [0.25, 0.3) is 32.9 Å². The van der Waals surface area contributed by atoms with E-state index in [2.05, 4.69) is 28.2 Å². The van der Waals surface area contributed by atoms with E-state index in [1.54, 1.807) is 0 Å². The molecular formula is C23H19N3O2. The van der Waals surface area contributed by atoms with Crippen LogP contribution in [0.3, 0.4) is 0 Å². The molecule has 1 aliphatic heterocycles. The van der Waals surface area contributed by atoms with Gasteiger partial charge in [-0.1, -0.05) is 24.3 Å². The van der Waals surface area contributed by atoms with Crippen LogP contribution in [-0.2, 0) is 4.74 Å². The zero-order valence-electron chi connectivity index (χ0n) is 15.3. The average Bonchev–Trinajstić information content (AvgIpc) is 2.78. The summed E-state index contributed by atoms with van der Waals surface area (Å²) < 4.78 is 5.36. The van der Waals surface area contributed by atoms with Gasteiger partial charge in [-0.15, -0.1) is 0 Å². The third kappa shape index (κ3) is 2.90. The summed E-state index contributed by atoms with van der Waals surface area (Å²) >= 11 is 0. The monoisotopic (exact) mass is 369 g/mol. The van der Waals surface area contributed by atoms with Gasteiger partial charge in [-0.05, 0) is 35.9 Å². The van der Waals surface area contributed by atoms with Gasteiger partial charge in [0.1, 0.15) is 0 Å². The van der Waals surface area contributed by atoms with Crippen molar-refractivity contribution in [2.75, 3.05) is 26.3 Å². The van der Waals surface area contributed by atoms with Crippen molar-refractivity contribution in [3.63, 3.8) is 0 Å². The molecule has 5 rings (SSSR count). The van der Waals surface area contributed by atoms with Crippen LogP contribution in [0.15, 0.2) is 67.0 Å². The maximum absolute atomic E-state index is 12.9. The Kier molecular flexibility index (Phi) is 4.22. The molecule has 4 aromatic rings. The molecule has 1 fully saturated rings. The number of morpholine rings is 1. The lowest BCUT2D eigenvalue weighted by Gasteiger charge is -2.27. The summed E-state index contributed by atoms with van der Waals surface area (Å²) in [7, 11) is 0. The number of ether oxygens (including phenoxy) is 1. The highest BCUT2D eigenvalue weighted by Gasteiger charge is 2.19. The van der Waals surface area contributed by atoms with Crippen LogP contribution in [-0.4, -0.2) is 47.1 Å². The number of benzene rings is 2. The molecule has 2 aromatic heterocycles. The van der Waals surface area contributed by atoms with E-state index < -0.39 is 0 Å². The van der Waals surface area contributed by atoms with E-state index in [1.165, 1.54) is 0 Å². The highest BCUT2D eigenvalue weighted by molar-refractivity contribution is 6.05. The van der Waals surface area contributed by atoms with Crippen LogP contribution in [0.4, 0.5) is 0 Å². The second-order valence-electron chi connectivity index (χ2n) is 6.88. The Hall–Kier alpha value is -3.31. The van der Waals surface area contributed by atoms with Crippen molar-refractivity contribution in [3.05, 3.63) is 72.6 Å². The summed E-state index contributed by atoms with van der Waals surface area (Å²) in [5.74, 6) is 0.0380. The summed E-state index contributed by atoms with van der Waals surface area (Å²) in [6.45, 7) is 2.44. The average molecular weight is 369 g/mol. The summed E-state index contributed by atoms with van der Waals surface area (Å²) in [4.78, 5) is 23.9. The van der Waals surface area contributed by atoms with Gasteiger partial charge in [0, 0.05) is 47.4 Å². The fourth-order valence-electron chi connectivity index (χ4n) is 3.78. The van der Waals surface area contributed by atoms with Crippen molar-refractivity contribution in [2.24, 2.45) is 0 Å². The first-order chi connectivity index (χ1) is 13.8. The lowest BCUT2D eigenvalue weighted by molar-refractivity contribution is 0.0303. The van der Waals surface area contributed by atoms with Gasteiger partial charge in [0.05, 0.1) is 24.2 Å². The molecule has 0 unspecified atom stereocenters. The number of aromatic nitrogens is 2. The van der Waals surface area contributed by atoms with E-state index in [-0.39, 0.29) is 5.91 Å². The highest BCUT2D eigenvalue weighted by Crippen LogP contribution is 2.32. The third-order valence-electron chi connectivity index (χ3n) is 5.21. The first-order valence-corrected chi connectivity index (χ1v) is 9.41. The molecule has 1 saturated heterocycles. The zero-order valence-corrected chi connectivity index (χ0v) is 15.3. The molecule has 2 aromatic carbocycles. The minimum Gasteiger partial charge on any atom is -0.378 e. The number of nitrogens with zero attached hydrogens (tertiary/aromatic N) is 3. The number of amides is 1. The molecule has 138 valence electrons. The fourth-order valence-corrected chi connectivity index (χ4v) is 3.78. The van der Waals surface area contributed by atoms with Crippen LogP contribution in [0, 0.1) is 0 Å². The fraction of sp³-hybridized carbons (Fsp3) is 0.174. The predicted molar refractivity (Wildman–Crippen MR) is 109 cm³/mol. The van der Waals surface area contributed by atoms with Gasteiger partial charge in [0.15, 0.2) is 0 Å². The molecule has 5 heteroatoms. The van der Waals surface area contributed by atoms with Crippen molar-refractivity contribution in [2.45, 2.75) is 0 Å². The third-order valence-corrected chi connectivity index (χ3v) is 5.21. The molecule has 0 bridgehead atoms. The smallest absolute Gasteiger partial charge is 0.254 e. The highest BCUT2D eigenvalue weighted by atomic mass is 16.5. The van der Waals surface area contributed by atoms with Crippen molar-refractivity contribution < 1.29 is 9.53 Å². The van der Waals surface area contributed by atoms with Gasteiger partial charge in [-0.2, -0.15) is 0 Å². The molecule has 0 N–H and O–H groups in total. The molecule has 0 atom stereocenters. The van der Waals surface area contributed by atoms with E-state index in [0.717, 1.165) is 32.9 Å². The van der Waals surface area contributed by atoms with E-state index in [0.29, 0.717) is 31.9 Å². The maximum Gasteiger partial charge on any atom is 0.254 e. The Labute approximate surface area is 162 Å². The standard InChI is InChI=1S/C23H19N3O2/c27-23(26-11-13-28-14-12-26)17-6-7-21-20(15-17)18(8-10-24-21)19-5-1-3-16-4-2-9-25-22(16)19/h1-10,15H,11-14H2. The number of pyridine rings is 2. The number of carbonyl (C=O) groups is 1. The second kappa shape index (κ2) is 7.02. The summed E-state index contributed by atoms with van der Waals surface area (Å²) in [5.41, 5.74) is 4.57. The van der Waals surface area contributed by atoms with Crippen LogP contribution in [0.2, 0.25) is 0 Å². The molecule has 1 aliphatic rings. The van der Waals surface area contributed by atoms with Gasteiger partial charge < -0.3 is 9.64 Å². The minimum atomic E-state index is 0.0380. The van der Waals surface area contributed by atoms with Gasteiger partial charge >= 0.3 is 0 Å². The molecule has 5 nitrogen and oxygen atoms in total. The molecular weight excluding hydrogens is 350 g/mol. The molecule has 0 spiro atoms. The van der Waals surface area contributed by atoms with Crippen molar-refractivity contribution in [1.82, 2.24) is 14.9 Å². The normalized spacial score (nSPS) is 14.5. The van der Waals surface area contributed by atoms with Gasteiger partial charge in [-0.3, -0.25) is 14.8 Å².